The molecule has 0 spiro atoms. The average Bonchev–Trinajstić information content (AvgIpc) is 3.43. The van der Waals surface area contributed by atoms with Crippen molar-refractivity contribution in [2.75, 3.05) is 19.6 Å². The van der Waals surface area contributed by atoms with Gasteiger partial charge in [-0.05, 0) is 49.8 Å². The quantitative estimate of drug-likeness (QED) is 0.661. The highest BCUT2D eigenvalue weighted by atomic mass is 32.1. The molecule has 0 saturated carbocycles. The highest BCUT2D eigenvalue weighted by Gasteiger charge is 2.29. The number of piperidine rings is 1. The van der Waals surface area contributed by atoms with Gasteiger partial charge in [-0.25, -0.2) is 9.67 Å². The summed E-state index contributed by atoms with van der Waals surface area (Å²) in [6, 6.07) is 9.70. The zero-order valence-corrected chi connectivity index (χ0v) is 17.8. The largest absolute Gasteiger partial charge is 0.355 e. The Morgan fingerprint density at radius 3 is 2.73 bits per heavy atom. The van der Waals surface area contributed by atoms with E-state index >= 15 is 0 Å². The van der Waals surface area contributed by atoms with Crippen LogP contribution >= 0.6 is 11.3 Å². The summed E-state index contributed by atoms with van der Waals surface area (Å²) in [5, 5.41) is 9.43. The highest BCUT2D eigenvalue weighted by Crippen LogP contribution is 2.21. The van der Waals surface area contributed by atoms with Crippen LogP contribution in [0.2, 0.25) is 0 Å². The van der Waals surface area contributed by atoms with Gasteiger partial charge in [0, 0.05) is 36.6 Å². The SMILES string of the molecule is Cc1c(C(=O)N2CCC(C(=O)NCCc3cccs3)CC2)cnn1-c1ccccn1. The van der Waals surface area contributed by atoms with Gasteiger partial charge in [0.25, 0.3) is 5.91 Å². The Hall–Kier alpha value is -3.00. The van der Waals surface area contributed by atoms with Crippen LogP contribution in [-0.2, 0) is 11.2 Å². The summed E-state index contributed by atoms with van der Waals surface area (Å²) in [6.45, 7) is 3.69. The van der Waals surface area contributed by atoms with Gasteiger partial charge in [-0.15, -0.1) is 11.3 Å². The van der Waals surface area contributed by atoms with Gasteiger partial charge >= 0.3 is 0 Å². The first kappa shape index (κ1) is 20.3. The van der Waals surface area contributed by atoms with Crippen LogP contribution in [0.15, 0.2) is 48.1 Å². The molecule has 4 heterocycles. The molecule has 1 aliphatic heterocycles. The molecule has 7 nitrogen and oxygen atoms in total. The van der Waals surface area contributed by atoms with E-state index in [0.717, 1.165) is 12.1 Å². The van der Waals surface area contributed by atoms with Crippen molar-refractivity contribution in [3.63, 3.8) is 0 Å². The van der Waals surface area contributed by atoms with Gasteiger partial charge in [0.05, 0.1) is 17.5 Å². The summed E-state index contributed by atoms with van der Waals surface area (Å²) < 4.78 is 1.68. The first-order valence-electron chi connectivity index (χ1n) is 10.2. The lowest BCUT2D eigenvalue weighted by Gasteiger charge is -2.31. The van der Waals surface area contributed by atoms with Crippen LogP contribution in [0.5, 0.6) is 0 Å². The van der Waals surface area contributed by atoms with Crippen molar-refractivity contribution in [2.45, 2.75) is 26.2 Å². The van der Waals surface area contributed by atoms with Gasteiger partial charge in [0.1, 0.15) is 0 Å². The first-order chi connectivity index (χ1) is 14.6. The Bertz CT molecular complexity index is 992. The number of rotatable bonds is 6. The summed E-state index contributed by atoms with van der Waals surface area (Å²) in [7, 11) is 0. The molecular formula is C22H25N5O2S. The molecule has 8 heteroatoms. The molecule has 3 aromatic rings. The molecule has 3 aromatic heterocycles. The first-order valence-corrected chi connectivity index (χ1v) is 11.1. The highest BCUT2D eigenvalue weighted by molar-refractivity contribution is 7.09. The van der Waals surface area contributed by atoms with E-state index in [1.54, 1.807) is 28.4 Å². The number of thiophene rings is 1. The molecule has 0 unspecified atom stereocenters. The lowest BCUT2D eigenvalue weighted by Crippen LogP contribution is -2.43. The van der Waals surface area contributed by atoms with Crippen LogP contribution in [0.4, 0.5) is 0 Å². The smallest absolute Gasteiger partial charge is 0.257 e. The third kappa shape index (κ3) is 4.43. The van der Waals surface area contributed by atoms with Crippen LogP contribution in [-0.4, -0.2) is 51.1 Å². The normalized spacial score (nSPS) is 14.6. The number of nitrogens with one attached hydrogen (secondary N) is 1. The second-order valence-corrected chi connectivity index (χ2v) is 8.46. The van der Waals surface area contributed by atoms with E-state index in [1.165, 1.54) is 4.88 Å². The number of nitrogens with zero attached hydrogens (tertiary/aromatic N) is 4. The van der Waals surface area contributed by atoms with E-state index in [0.29, 0.717) is 43.9 Å². The lowest BCUT2D eigenvalue weighted by atomic mass is 9.95. The van der Waals surface area contributed by atoms with Crippen LogP contribution in [0.1, 0.15) is 33.8 Å². The minimum atomic E-state index is -0.0359. The second-order valence-electron chi connectivity index (χ2n) is 7.43. The number of hydrogen-bond acceptors (Lipinski definition) is 5. The number of carbonyl (C=O) groups is 2. The van der Waals surface area contributed by atoms with Crippen LogP contribution in [0, 0.1) is 12.8 Å². The predicted octanol–water partition coefficient (Wildman–Crippen LogP) is 2.85. The predicted molar refractivity (Wildman–Crippen MR) is 116 cm³/mol. The molecule has 0 bridgehead atoms. The standard InChI is InChI=1S/C22H25N5O2S/c1-16-19(15-25-27(16)20-6-2-3-10-23-20)22(29)26-12-8-17(9-13-26)21(28)24-11-7-18-5-4-14-30-18/h2-6,10,14-15,17H,7-9,11-13H2,1H3,(H,24,28). The Kier molecular flexibility index (Phi) is 6.23. The number of aromatic nitrogens is 3. The maximum atomic E-state index is 13.0. The van der Waals surface area contributed by atoms with Crippen LogP contribution < -0.4 is 5.32 Å². The van der Waals surface area contributed by atoms with E-state index < -0.39 is 0 Å². The fourth-order valence-corrected chi connectivity index (χ4v) is 4.46. The summed E-state index contributed by atoms with van der Waals surface area (Å²) in [5.41, 5.74) is 1.35. The number of likely N-dealkylation sites (tertiary alicyclic amines) is 1. The third-order valence-electron chi connectivity index (χ3n) is 5.51. The summed E-state index contributed by atoms with van der Waals surface area (Å²) in [6.07, 6.45) is 5.54. The molecule has 0 radical (unpaired) electrons. The van der Waals surface area contributed by atoms with E-state index in [1.807, 2.05) is 41.5 Å². The molecule has 0 aromatic carbocycles. The van der Waals surface area contributed by atoms with Crippen molar-refractivity contribution in [1.29, 1.82) is 0 Å². The maximum Gasteiger partial charge on any atom is 0.257 e. The number of pyridine rings is 1. The van der Waals surface area contributed by atoms with Crippen molar-refractivity contribution in [3.8, 4) is 5.82 Å². The Morgan fingerprint density at radius 1 is 1.20 bits per heavy atom. The molecule has 156 valence electrons. The molecule has 1 saturated heterocycles. The van der Waals surface area contributed by atoms with Crippen molar-refractivity contribution < 1.29 is 9.59 Å². The molecular weight excluding hydrogens is 398 g/mol. The van der Waals surface area contributed by atoms with E-state index in [9.17, 15) is 9.59 Å². The minimum absolute atomic E-state index is 0.0327. The summed E-state index contributed by atoms with van der Waals surface area (Å²) >= 11 is 1.71. The van der Waals surface area contributed by atoms with Crippen molar-refractivity contribution >= 4 is 23.2 Å². The lowest BCUT2D eigenvalue weighted by molar-refractivity contribution is -0.126. The van der Waals surface area contributed by atoms with Crippen molar-refractivity contribution in [3.05, 3.63) is 64.2 Å². The third-order valence-corrected chi connectivity index (χ3v) is 6.45. The Balaban J connectivity index is 1.30. The number of carbonyl (C=O) groups excluding carboxylic acids is 2. The van der Waals surface area contributed by atoms with E-state index in [4.69, 9.17) is 0 Å². The molecule has 4 rings (SSSR count). The van der Waals surface area contributed by atoms with Gasteiger partial charge < -0.3 is 10.2 Å². The second kappa shape index (κ2) is 9.21. The van der Waals surface area contributed by atoms with Gasteiger partial charge in [-0.3, -0.25) is 9.59 Å². The van der Waals surface area contributed by atoms with Crippen LogP contribution in [0.25, 0.3) is 5.82 Å². The fourth-order valence-electron chi connectivity index (χ4n) is 3.75. The Morgan fingerprint density at radius 2 is 2.03 bits per heavy atom. The maximum absolute atomic E-state index is 13.0. The van der Waals surface area contributed by atoms with Gasteiger partial charge in [0.2, 0.25) is 5.91 Å². The monoisotopic (exact) mass is 423 g/mol. The van der Waals surface area contributed by atoms with Gasteiger partial charge in [0.15, 0.2) is 5.82 Å². The molecule has 1 aliphatic rings. The van der Waals surface area contributed by atoms with E-state index in [-0.39, 0.29) is 17.7 Å². The Labute approximate surface area is 179 Å². The molecule has 1 N–H and O–H groups in total. The zero-order chi connectivity index (χ0) is 20.9. The summed E-state index contributed by atoms with van der Waals surface area (Å²) in [5.74, 6) is 0.714. The molecule has 1 fully saturated rings. The molecule has 0 aliphatic carbocycles. The molecule has 2 amide bonds. The number of amides is 2. The van der Waals surface area contributed by atoms with Crippen molar-refractivity contribution in [1.82, 2.24) is 25.0 Å². The van der Waals surface area contributed by atoms with Gasteiger partial charge in [-0.2, -0.15) is 5.10 Å². The van der Waals surface area contributed by atoms with E-state index in [2.05, 4.69) is 21.5 Å². The van der Waals surface area contributed by atoms with Crippen LogP contribution in [0.3, 0.4) is 0 Å². The fraction of sp³-hybridized carbons (Fsp3) is 0.364. The van der Waals surface area contributed by atoms with Crippen molar-refractivity contribution in [2.24, 2.45) is 5.92 Å². The topological polar surface area (TPSA) is 80.1 Å². The summed E-state index contributed by atoms with van der Waals surface area (Å²) in [4.78, 5) is 32.8. The average molecular weight is 424 g/mol. The zero-order valence-electron chi connectivity index (χ0n) is 17.0. The van der Waals surface area contributed by atoms with Gasteiger partial charge in [-0.1, -0.05) is 12.1 Å². The molecule has 0 atom stereocenters. The number of hydrogen-bond donors (Lipinski definition) is 1. The molecule has 30 heavy (non-hydrogen) atoms. The minimum Gasteiger partial charge on any atom is -0.355 e.